The molecule has 1 aromatic heterocycles. The van der Waals surface area contributed by atoms with Crippen molar-refractivity contribution in [3.8, 4) is 17.1 Å². The van der Waals surface area contributed by atoms with Crippen LogP contribution in [-0.4, -0.2) is 29.1 Å². The lowest BCUT2D eigenvalue weighted by Crippen LogP contribution is -2.42. The van der Waals surface area contributed by atoms with Gasteiger partial charge in [0.25, 0.3) is 0 Å². The number of hydrogen-bond donors (Lipinski definition) is 2. The summed E-state index contributed by atoms with van der Waals surface area (Å²) in [6, 6.07) is 11.6. The molecular weight excluding hydrogens is 338 g/mol. The molecule has 3 heterocycles. The van der Waals surface area contributed by atoms with Crippen LogP contribution in [0.2, 0.25) is 5.02 Å². The van der Waals surface area contributed by atoms with Crippen LogP contribution >= 0.6 is 11.6 Å². The number of benzene rings is 1. The van der Waals surface area contributed by atoms with Crippen molar-refractivity contribution >= 4 is 17.5 Å². The molecule has 1 unspecified atom stereocenters. The number of amides is 1. The van der Waals surface area contributed by atoms with E-state index < -0.39 is 5.91 Å². The highest BCUT2D eigenvalue weighted by Crippen LogP contribution is 2.32. The molecule has 1 amide bonds. The van der Waals surface area contributed by atoms with Gasteiger partial charge in [-0.2, -0.15) is 0 Å². The highest BCUT2D eigenvalue weighted by molar-refractivity contribution is 6.31. The number of halogens is 1. The third-order valence-electron chi connectivity index (χ3n) is 4.95. The van der Waals surface area contributed by atoms with Gasteiger partial charge in [0.05, 0.1) is 5.69 Å². The number of rotatable bonds is 4. The average molecular weight is 358 g/mol. The topological polar surface area (TPSA) is 77.2 Å². The van der Waals surface area contributed by atoms with Gasteiger partial charge in [-0.15, -0.1) is 0 Å². The summed E-state index contributed by atoms with van der Waals surface area (Å²) in [5.41, 5.74) is 7.15. The largest absolute Gasteiger partial charge is 0.474 e. The minimum Gasteiger partial charge on any atom is -0.474 e. The second kappa shape index (κ2) is 6.65. The van der Waals surface area contributed by atoms with Gasteiger partial charge in [0, 0.05) is 34.3 Å². The summed E-state index contributed by atoms with van der Waals surface area (Å²) >= 11 is 6.27. The zero-order chi connectivity index (χ0) is 17.4. The molecule has 2 aliphatic rings. The number of nitrogens with one attached hydrogen (secondary N) is 1. The molecule has 4 rings (SSSR count). The van der Waals surface area contributed by atoms with Gasteiger partial charge in [-0.1, -0.05) is 29.8 Å². The fourth-order valence-electron chi connectivity index (χ4n) is 3.87. The van der Waals surface area contributed by atoms with Gasteiger partial charge >= 0.3 is 0 Å². The highest BCUT2D eigenvalue weighted by Gasteiger charge is 2.34. The quantitative estimate of drug-likeness (QED) is 0.881. The van der Waals surface area contributed by atoms with Gasteiger partial charge in [-0.05, 0) is 37.8 Å². The first kappa shape index (κ1) is 16.4. The SMILES string of the molecule is NC(=O)c1ccccc1-c1cc(Cl)cc(OC2C[C@H]3CC[C@@H](C2)N3)n1. The van der Waals surface area contributed by atoms with E-state index in [2.05, 4.69) is 10.3 Å². The van der Waals surface area contributed by atoms with E-state index in [0.29, 0.717) is 39.8 Å². The molecule has 3 N–H and O–H groups in total. The summed E-state index contributed by atoms with van der Waals surface area (Å²) in [7, 11) is 0. The summed E-state index contributed by atoms with van der Waals surface area (Å²) < 4.78 is 6.13. The number of nitrogens with zero attached hydrogens (tertiary/aromatic N) is 1. The number of hydrogen-bond acceptors (Lipinski definition) is 4. The molecule has 0 saturated carbocycles. The number of ether oxygens (including phenoxy) is 1. The molecule has 0 aliphatic carbocycles. The molecule has 0 radical (unpaired) electrons. The van der Waals surface area contributed by atoms with Crippen LogP contribution in [0.4, 0.5) is 0 Å². The van der Waals surface area contributed by atoms with Crippen molar-refractivity contribution in [2.24, 2.45) is 5.73 Å². The Labute approximate surface area is 151 Å². The fraction of sp³-hybridized carbons (Fsp3) is 0.368. The van der Waals surface area contributed by atoms with Crippen LogP contribution in [0.15, 0.2) is 36.4 Å². The summed E-state index contributed by atoms with van der Waals surface area (Å²) in [5, 5.41) is 4.12. The van der Waals surface area contributed by atoms with Crippen molar-refractivity contribution in [3.05, 3.63) is 47.0 Å². The number of carbonyl (C=O) groups excluding carboxylic acids is 1. The summed E-state index contributed by atoms with van der Waals surface area (Å²) in [6.45, 7) is 0. The van der Waals surface area contributed by atoms with Crippen molar-refractivity contribution in [2.45, 2.75) is 43.9 Å². The number of piperidine rings is 1. The van der Waals surface area contributed by atoms with E-state index in [1.807, 2.05) is 12.1 Å². The first-order valence-electron chi connectivity index (χ1n) is 8.58. The number of primary amides is 1. The van der Waals surface area contributed by atoms with Crippen LogP contribution < -0.4 is 15.8 Å². The van der Waals surface area contributed by atoms with Gasteiger partial charge < -0.3 is 15.8 Å². The van der Waals surface area contributed by atoms with Crippen molar-refractivity contribution in [1.29, 1.82) is 0 Å². The number of fused-ring (bicyclic) bond motifs is 2. The first-order valence-corrected chi connectivity index (χ1v) is 8.96. The molecule has 1 aromatic carbocycles. The zero-order valence-electron chi connectivity index (χ0n) is 13.7. The summed E-state index contributed by atoms with van der Waals surface area (Å²) in [5.74, 6) is 0.00264. The summed E-state index contributed by atoms with van der Waals surface area (Å²) in [4.78, 5) is 16.3. The minimum absolute atomic E-state index is 0.143. The maximum absolute atomic E-state index is 11.7. The molecule has 25 heavy (non-hydrogen) atoms. The van der Waals surface area contributed by atoms with Gasteiger partial charge in [0.15, 0.2) is 0 Å². The molecule has 2 saturated heterocycles. The Morgan fingerprint density at radius 3 is 2.64 bits per heavy atom. The normalized spacial score (nSPS) is 24.9. The average Bonchev–Trinajstić information content (AvgIpc) is 2.93. The van der Waals surface area contributed by atoms with Crippen LogP contribution in [0, 0.1) is 0 Å². The standard InChI is InChI=1S/C19H20ClN3O2/c20-11-7-17(15-3-1-2-4-16(15)19(21)24)23-18(8-11)25-14-9-12-5-6-13(10-14)22-12/h1-4,7-8,12-14,22H,5-6,9-10H2,(H2,21,24)/t12-,13+,14?. The van der Waals surface area contributed by atoms with Crippen LogP contribution in [0.5, 0.6) is 5.88 Å². The van der Waals surface area contributed by atoms with Crippen LogP contribution in [-0.2, 0) is 0 Å². The lowest BCUT2D eigenvalue weighted by atomic mass is 10.0. The first-order chi connectivity index (χ1) is 12.1. The number of aromatic nitrogens is 1. The van der Waals surface area contributed by atoms with Gasteiger partial charge in [-0.25, -0.2) is 4.98 Å². The predicted octanol–water partition coefficient (Wildman–Crippen LogP) is 3.16. The van der Waals surface area contributed by atoms with Crippen molar-refractivity contribution in [2.75, 3.05) is 0 Å². The molecule has 2 bridgehead atoms. The molecule has 5 nitrogen and oxygen atoms in total. The molecule has 0 spiro atoms. The fourth-order valence-corrected chi connectivity index (χ4v) is 4.06. The van der Waals surface area contributed by atoms with E-state index in [1.165, 1.54) is 12.8 Å². The van der Waals surface area contributed by atoms with E-state index in [1.54, 1.807) is 24.3 Å². The Bertz CT molecular complexity index is 799. The Hall–Kier alpha value is -2.11. The molecule has 2 aromatic rings. The van der Waals surface area contributed by atoms with Crippen molar-refractivity contribution in [1.82, 2.24) is 10.3 Å². The molecular formula is C19H20ClN3O2. The predicted molar refractivity (Wildman–Crippen MR) is 96.8 cm³/mol. The Kier molecular flexibility index (Phi) is 4.36. The Morgan fingerprint density at radius 2 is 1.92 bits per heavy atom. The van der Waals surface area contributed by atoms with E-state index in [9.17, 15) is 4.79 Å². The van der Waals surface area contributed by atoms with Crippen LogP contribution in [0.3, 0.4) is 0 Å². The Morgan fingerprint density at radius 1 is 1.20 bits per heavy atom. The number of carbonyl (C=O) groups is 1. The second-order valence-corrected chi connectivity index (χ2v) is 7.20. The summed E-state index contributed by atoms with van der Waals surface area (Å²) in [6.07, 6.45) is 4.54. The van der Waals surface area contributed by atoms with E-state index in [0.717, 1.165) is 12.8 Å². The third kappa shape index (κ3) is 3.48. The van der Waals surface area contributed by atoms with Crippen molar-refractivity contribution in [3.63, 3.8) is 0 Å². The molecule has 6 heteroatoms. The van der Waals surface area contributed by atoms with E-state index in [-0.39, 0.29) is 6.10 Å². The van der Waals surface area contributed by atoms with Gasteiger partial charge in [-0.3, -0.25) is 4.79 Å². The second-order valence-electron chi connectivity index (χ2n) is 6.77. The van der Waals surface area contributed by atoms with Crippen LogP contribution in [0.1, 0.15) is 36.0 Å². The lowest BCUT2D eigenvalue weighted by Gasteiger charge is -2.29. The van der Waals surface area contributed by atoms with Crippen LogP contribution in [0.25, 0.3) is 11.3 Å². The van der Waals surface area contributed by atoms with Gasteiger partial charge in [0.2, 0.25) is 11.8 Å². The zero-order valence-corrected chi connectivity index (χ0v) is 14.5. The third-order valence-corrected chi connectivity index (χ3v) is 5.17. The molecule has 2 fully saturated rings. The minimum atomic E-state index is -0.491. The highest BCUT2D eigenvalue weighted by atomic mass is 35.5. The van der Waals surface area contributed by atoms with E-state index in [4.69, 9.17) is 22.1 Å². The van der Waals surface area contributed by atoms with E-state index >= 15 is 0 Å². The number of nitrogens with two attached hydrogens (primary N) is 1. The maximum Gasteiger partial charge on any atom is 0.249 e. The molecule has 2 aliphatic heterocycles. The molecule has 3 atom stereocenters. The maximum atomic E-state index is 11.7. The lowest BCUT2D eigenvalue weighted by molar-refractivity contribution is 0.100. The molecule has 130 valence electrons. The number of pyridine rings is 1. The van der Waals surface area contributed by atoms with Crippen molar-refractivity contribution < 1.29 is 9.53 Å². The van der Waals surface area contributed by atoms with Gasteiger partial charge in [0.1, 0.15) is 6.10 Å². The monoisotopic (exact) mass is 357 g/mol. The smallest absolute Gasteiger partial charge is 0.249 e. The Balaban J connectivity index is 1.62.